The molecule has 8 heteroatoms. The van der Waals surface area contributed by atoms with Crippen LogP contribution in [0.2, 0.25) is 0 Å². The first-order valence-corrected chi connectivity index (χ1v) is 11.9. The Kier molecular flexibility index (Phi) is 6.69. The number of nitrogens with one attached hydrogen (secondary N) is 2. The van der Waals surface area contributed by atoms with Gasteiger partial charge in [0, 0.05) is 23.8 Å². The van der Waals surface area contributed by atoms with E-state index in [0.29, 0.717) is 29.8 Å². The first kappa shape index (κ1) is 22.8. The van der Waals surface area contributed by atoms with Crippen molar-refractivity contribution >= 4 is 27.5 Å². The van der Waals surface area contributed by atoms with E-state index < -0.39 is 16.1 Å². The molecule has 2 aromatic carbocycles. The van der Waals surface area contributed by atoms with Gasteiger partial charge in [-0.1, -0.05) is 18.2 Å². The van der Waals surface area contributed by atoms with E-state index in [0.717, 1.165) is 12.0 Å². The molecule has 0 spiro atoms. The summed E-state index contributed by atoms with van der Waals surface area (Å²) in [5.74, 6) is -0.443. The van der Waals surface area contributed by atoms with Crippen molar-refractivity contribution < 1.29 is 18.0 Å². The van der Waals surface area contributed by atoms with Crippen molar-refractivity contribution in [3.05, 3.63) is 59.2 Å². The lowest BCUT2D eigenvalue weighted by Gasteiger charge is -2.25. The van der Waals surface area contributed by atoms with Crippen LogP contribution in [0.1, 0.15) is 48.2 Å². The number of carbonyl (C=O) groups is 2. The number of hydrogen-bond donors (Lipinski definition) is 2. The molecule has 2 N–H and O–H groups in total. The third kappa shape index (κ3) is 5.25. The van der Waals surface area contributed by atoms with Crippen molar-refractivity contribution in [1.82, 2.24) is 10.2 Å². The van der Waals surface area contributed by atoms with Gasteiger partial charge in [-0.25, -0.2) is 8.42 Å². The average molecular weight is 444 g/mol. The Morgan fingerprint density at radius 3 is 2.55 bits per heavy atom. The number of nitrogens with zero attached hydrogens (tertiary/aromatic N) is 1. The van der Waals surface area contributed by atoms with E-state index in [1.807, 2.05) is 26.8 Å². The summed E-state index contributed by atoms with van der Waals surface area (Å²) in [4.78, 5) is 27.3. The van der Waals surface area contributed by atoms with Crippen LogP contribution in [-0.2, 0) is 14.8 Å². The molecule has 0 bridgehead atoms. The highest BCUT2D eigenvalue weighted by atomic mass is 32.2. The highest BCUT2D eigenvalue weighted by molar-refractivity contribution is 7.92. The minimum Gasteiger partial charge on any atom is -0.352 e. The summed E-state index contributed by atoms with van der Waals surface area (Å²) in [7, 11) is -3.80. The summed E-state index contributed by atoms with van der Waals surface area (Å²) in [5.41, 5.74) is 2.12. The molecule has 0 aromatic heterocycles. The minimum absolute atomic E-state index is 0.00661. The third-order valence-corrected chi connectivity index (χ3v) is 6.77. The zero-order valence-corrected chi connectivity index (χ0v) is 19.1. The van der Waals surface area contributed by atoms with Gasteiger partial charge in [0.15, 0.2) is 0 Å². The zero-order valence-electron chi connectivity index (χ0n) is 18.3. The van der Waals surface area contributed by atoms with Crippen molar-refractivity contribution in [1.29, 1.82) is 0 Å². The number of hydrogen-bond acceptors (Lipinski definition) is 4. The van der Waals surface area contributed by atoms with Gasteiger partial charge >= 0.3 is 0 Å². The Morgan fingerprint density at radius 2 is 1.84 bits per heavy atom. The number of rotatable bonds is 6. The molecule has 7 nitrogen and oxygen atoms in total. The molecule has 2 amide bonds. The van der Waals surface area contributed by atoms with Gasteiger partial charge in [-0.05, 0) is 75.9 Å². The molecular weight excluding hydrogens is 414 g/mol. The SMILES string of the molecule is Cc1ccc(C)c(S(=O)(=O)Nc2cccc(C(=O)N3CCCC3C(=O)NC(C)C)c2)c1. The van der Waals surface area contributed by atoms with E-state index in [1.165, 1.54) is 6.07 Å². The molecule has 31 heavy (non-hydrogen) atoms. The molecule has 0 radical (unpaired) electrons. The van der Waals surface area contributed by atoms with Gasteiger partial charge in [0.25, 0.3) is 15.9 Å². The molecule has 1 atom stereocenters. The summed E-state index contributed by atoms with van der Waals surface area (Å²) in [6, 6.07) is 11.1. The predicted molar refractivity (Wildman–Crippen MR) is 121 cm³/mol. The quantitative estimate of drug-likeness (QED) is 0.716. The second-order valence-electron chi connectivity index (χ2n) is 8.28. The number of amides is 2. The van der Waals surface area contributed by atoms with Gasteiger partial charge in [-0.2, -0.15) is 0 Å². The van der Waals surface area contributed by atoms with E-state index in [2.05, 4.69) is 10.0 Å². The Balaban J connectivity index is 1.82. The Labute approximate surface area is 183 Å². The zero-order chi connectivity index (χ0) is 22.8. The second kappa shape index (κ2) is 9.09. The maximum Gasteiger partial charge on any atom is 0.262 e. The van der Waals surface area contributed by atoms with Gasteiger partial charge < -0.3 is 10.2 Å². The molecule has 1 heterocycles. The summed E-state index contributed by atoms with van der Waals surface area (Å²) in [6.45, 7) is 7.83. The minimum atomic E-state index is -3.80. The topological polar surface area (TPSA) is 95.6 Å². The second-order valence-corrected chi connectivity index (χ2v) is 9.93. The van der Waals surface area contributed by atoms with Crippen LogP contribution in [-0.4, -0.2) is 43.8 Å². The predicted octanol–water partition coefficient (Wildman–Crippen LogP) is 3.23. The normalized spacial score (nSPS) is 16.4. The van der Waals surface area contributed by atoms with Crippen molar-refractivity contribution in [2.75, 3.05) is 11.3 Å². The lowest BCUT2D eigenvalue weighted by atomic mass is 10.1. The molecule has 1 saturated heterocycles. The highest BCUT2D eigenvalue weighted by Crippen LogP contribution is 2.24. The number of likely N-dealkylation sites (tertiary alicyclic amines) is 1. The van der Waals surface area contributed by atoms with Crippen molar-refractivity contribution in [2.24, 2.45) is 0 Å². The van der Waals surface area contributed by atoms with E-state index in [-0.39, 0.29) is 22.8 Å². The van der Waals surface area contributed by atoms with Crippen LogP contribution in [0.25, 0.3) is 0 Å². The number of anilines is 1. The molecule has 0 aliphatic carbocycles. The summed E-state index contributed by atoms with van der Waals surface area (Å²) in [5, 5.41) is 2.87. The molecule has 166 valence electrons. The van der Waals surface area contributed by atoms with Gasteiger partial charge in [0.05, 0.1) is 4.90 Å². The smallest absolute Gasteiger partial charge is 0.262 e. The average Bonchev–Trinajstić information content (AvgIpc) is 3.18. The molecule has 2 aromatic rings. The standard InChI is InChI=1S/C23H29N3O4S/c1-15(2)24-22(27)20-9-6-12-26(20)23(28)18-7-5-8-19(14-18)25-31(29,30)21-13-16(3)10-11-17(21)4/h5,7-8,10-11,13-15,20,25H,6,9,12H2,1-4H3,(H,24,27). The number of aryl methyl sites for hydroxylation is 2. The van der Waals surface area contributed by atoms with E-state index in [4.69, 9.17) is 0 Å². The van der Waals surface area contributed by atoms with Gasteiger partial charge in [0.2, 0.25) is 5.91 Å². The van der Waals surface area contributed by atoms with E-state index in [1.54, 1.807) is 42.2 Å². The Hall–Kier alpha value is -2.87. The number of benzene rings is 2. The van der Waals surface area contributed by atoms with Gasteiger partial charge in [-0.15, -0.1) is 0 Å². The molecular formula is C23H29N3O4S. The van der Waals surface area contributed by atoms with Crippen molar-refractivity contribution in [3.8, 4) is 0 Å². The Bertz CT molecular complexity index is 1100. The van der Waals surface area contributed by atoms with Crippen LogP contribution in [0.3, 0.4) is 0 Å². The fraction of sp³-hybridized carbons (Fsp3) is 0.391. The molecule has 0 saturated carbocycles. The first-order chi connectivity index (χ1) is 14.6. The summed E-state index contributed by atoms with van der Waals surface area (Å²) in [6.07, 6.45) is 1.37. The summed E-state index contributed by atoms with van der Waals surface area (Å²) < 4.78 is 28.4. The van der Waals surface area contributed by atoms with Crippen LogP contribution < -0.4 is 10.0 Å². The summed E-state index contributed by atoms with van der Waals surface area (Å²) >= 11 is 0. The van der Waals surface area contributed by atoms with Crippen LogP contribution in [0.5, 0.6) is 0 Å². The van der Waals surface area contributed by atoms with Crippen LogP contribution in [0.15, 0.2) is 47.4 Å². The first-order valence-electron chi connectivity index (χ1n) is 10.4. The maximum absolute atomic E-state index is 13.1. The highest BCUT2D eigenvalue weighted by Gasteiger charge is 2.34. The van der Waals surface area contributed by atoms with Crippen molar-refractivity contribution in [2.45, 2.75) is 57.5 Å². The fourth-order valence-corrected chi connectivity index (χ4v) is 5.13. The number of carbonyl (C=O) groups excluding carboxylic acids is 2. The monoisotopic (exact) mass is 443 g/mol. The van der Waals surface area contributed by atoms with E-state index in [9.17, 15) is 18.0 Å². The van der Waals surface area contributed by atoms with Gasteiger partial charge in [0.1, 0.15) is 6.04 Å². The lowest BCUT2D eigenvalue weighted by molar-refractivity contribution is -0.125. The number of sulfonamides is 1. The molecule has 1 aliphatic heterocycles. The molecule has 3 rings (SSSR count). The van der Waals surface area contributed by atoms with Crippen molar-refractivity contribution in [3.63, 3.8) is 0 Å². The van der Waals surface area contributed by atoms with Crippen LogP contribution in [0.4, 0.5) is 5.69 Å². The van der Waals surface area contributed by atoms with Crippen LogP contribution >= 0.6 is 0 Å². The van der Waals surface area contributed by atoms with Gasteiger partial charge in [-0.3, -0.25) is 14.3 Å². The lowest BCUT2D eigenvalue weighted by Crippen LogP contribution is -2.47. The molecule has 1 fully saturated rings. The largest absolute Gasteiger partial charge is 0.352 e. The Morgan fingerprint density at radius 1 is 1.10 bits per heavy atom. The molecule has 1 aliphatic rings. The fourth-order valence-electron chi connectivity index (χ4n) is 3.75. The van der Waals surface area contributed by atoms with Crippen LogP contribution in [0, 0.1) is 13.8 Å². The molecule has 1 unspecified atom stereocenters. The van der Waals surface area contributed by atoms with E-state index >= 15 is 0 Å². The third-order valence-electron chi connectivity index (χ3n) is 5.24. The maximum atomic E-state index is 13.1.